The average molecular weight is 204 g/mol. The lowest BCUT2D eigenvalue weighted by atomic mass is 10.1. The van der Waals surface area contributed by atoms with Gasteiger partial charge in [0, 0.05) is 5.75 Å². The first kappa shape index (κ1) is 9.22. The average Bonchev–Trinajstić information content (AvgIpc) is 2.69. The Kier molecular flexibility index (Phi) is 3.27. The van der Waals surface area contributed by atoms with E-state index in [2.05, 4.69) is 12.6 Å². The number of epoxide rings is 1. The van der Waals surface area contributed by atoms with Crippen molar-refractivity contribution in [1.29, 1.82) is 0 Å². The molecule has 0 aromatic heterocycles. The summed E-state index contributed by atoms with van der Waals surface area (Å²) in [6.07, 6.45) is 5.42. The van der Waals surface area contributed by atoms with Gasteiger partial charge in [-0.3, -0.25) is 0 Å². The van der Waals surface area contributed by atoms with E-state index < -0.39 is 0 Å². The van der Waals surface area contributed by atoms with Crippen LogP contribution in [0.4, 0.5) is 0 Å². The van der Waals surface area contributed by atoms with Crippen LogP contribution in [-0.4, -0.2) is 29.5 Å². The van der Waals surface area contributed by atoms with Crippen LogP contribution in [-0.2, 0) is 4.74 Å². The lowest BCUT2D eigenvalue weighted by Gasteiger charge is -2.09. The highest BCUT2D eigenvalue weighted by Crippen LogP contribution is 2.43. The Labute approximate surface area is 84.0 Å². The molecule has 1 aliphatic carbocycles. The van der Waals surface area contributed by atoms with Crippen LogP contribution in [0, 0.1) is 5.92 Å². The van der Waals surface area contributed by atoms with Crippen molar-refractivity contribution in [1.82, 2.24) is 0 Å². The molecular formula is C9H16OS2. The third-order valence-corrected chi connectivity index (χ3v) is 4.27. The van der Waals surface area contributed by atoms with E-state index in [-0.39, 0.29) is 0 Å². The Balaban J connectivity index is 1.50. The van der Waals surface area contributed by atoms with Crippen molar-refractivity contribution in [3.8, 4) is 0 Å². The van der Waals surface area contributed by atoms with E-state index in [1.54, 1.807) is 0 Å². The van der Waals surface area contributed by atoms with Gasteiger partial charge in [-0.25, -0.2) is 0 Å². The van der Waals surface area contributed by atoms with Gasteiger partial charge in [-0.15, -0.1) is 0 Å². The smallest absolute Gasteiger partial charge is 0.0844 e. The lowest BCUT2D eigenvalue weighted by molar-refractivity contribution is 0.270. The number of thiol groups is 1. The molecule has 0 bridgehead atoms. The number of rotatable bonds is 5. The van der Waals surface area contributed by atoms with Gasteiger partial charge in [-0.05, 0) is 36.7 Å². The number of thioether (sulfide) groups is 1. The van der Waals surface area contributed by atoms with E-state index in [0.29, 0.717) is 12.2 Å². The molecular weight excluding hydrogens is 188 g/mol. The fourth-order valence-electron chi connectivity index (χ4n) is 2.00. The Morgan fingerprint density at radius 3 is 2.67 bits per heavy atom. The van der Waals surface area contributed by atoms with Crippen molar-refractivity contribution in [2.75, 3.05) is 17.3 Å². The van der Waals surface area contributed by atoms with Gasteiger partial charge < -0.3 is 4.74 Å². The molecule has 2 unspecified atom stereocenters. The first-order chi connectivity index (χ1) is 5.90. The molecule has 0 aromatic rings. The van der Waals surface area contributed by atoms with Crippen LogP contribution < -0.4 is 0 Å². The summed E-state index contributed by atoms with van der Waals surface area (Å²) in [7, 11) is 0. The molecule has 2 fully saturated rings. The first-order valence-electron chi connectivity index (χ1n) is 4.74. The van der Waals surface area contributed by atoms with Crippen LogP contribution >= 0.6 is 24.4 Å². The van der Waals surface area contributed by atoms with E-state index in [1.165, 1.54) is 30.8 Å². The Morgan fingerprint density at radius 1 is 1.25 bits per heavy atom. The van der Waals surface area contributed by atoms with E-state index in [9.17, 15) is 0 Å². The van der Waals surface area contributed by atoms with E-state index in [4.69, 9.17) is 4.74 Å². The minimum atomic E-state index is 0.671. The van der Waals surface area contributed by atoms with Gasteiger partial charge in [-0.1, -0.05) is 0 Å². The fraction of sp³-hybridized carbons (Fsp3) is 1.00. The minimum absolute atomic E-state index is 0.671. The van der Waals surface area contributed by atoms with Gasteiger partial charge in [0.1, 0.15) is 0 Å². The molecule has 1 nitrogen and oxygen atoms in total. The standard InChI is InChI=1S/C9H16OS2/c11-2-4-12-3-1-7-5-8-9(6-7)10-8/h7-9,11H,1-6H2. The molecule has 2 atom stereocenters. The third-order valence-electron chi connectivity index (χ3n) is 2.72. The summed E-state index contributed by atoms with van der Waals surface area (Å²) in [4.78, 5) is 0. The second-order valence-corrected chi connectivity index (χ2v) is 5.35. The van der Waals surface area contributed by atoms with Crippen LogP contribution in [0.3, 0.4) is 0 Å². The first-order valence-corrected chi connectivity index (χ1v) is 6.53. The topological polar surface area (TPSA) is 12.5 Å². The Bertz CT molecular complexity index is 141. The predicted octanol–water partition coefficient (Wildman–Crippen LogP) is 2.22. The van der Waals surface area contributed by atoms with Crippen LogP contribution in [0.1, 0.15) is 19.3 Å². The number of hydrogen-bond acceptors (Lipinski definition) is 3. The molecule has 12 heavy (non-hydrogen) atoms. The number of ether oxygens (including phenoxy) is 1. The quantitative estimate of drug-likeness (QED) is 0.419. The summed E-state index contributed by atoms with van der Waals surface area (Å²) in [6.45, 7) is 0. The van der Waals surface area contributed by atoms with Crippen LogP contribution in [0.2, 0.25) is 0 Å². The molecule has 0 amide bonds. The summed E-state index contributed by atoms with van der Waals surface area (Å²) < 4.78 is 5.39. The maximum atomic E-state index is 5.39. The van der Waals surface area contributed by atoms with Crippen molar-refractivity contribution < 1.29 is 4.74 Å². The van der Waals surface area contributed by atoms with Crippen LogP contribution in [0.25, 0.3) is 0 Å². The molecule has 2 rings (SSSR count). The van der Waals surface area contributed by atoms with Crippen molar-refractivity contribution in [2.45, 2.75) is 31.5 Å². The zero-order chi connectivity index (χ0) is 8.39. The van der Waals surface area contributed by atoms with E-state index in [1.807, 2.05) is 11.8 Å². The molecule has 1 saturated heterocycles. The SMILES string of the molecule is SCCSCCC1CC2OC2C1. The summed E-state index contributed by atoms with van der Waals surface area (Å²) in [5, 5.41) is 0. The molecule has 1 saturated carbocycles. The summed E-state index contributed by atoms with van der Waals surface area (Å²) >= 11 is 6.22. The van der Waals surface area contributed by atoms with Gasteiger partial charge in [0.25, 0.3) is 0 Å². The largest absolute Gasteiger partial charge is 0.370 e. The van der Waals surface area contributed by atoms with Gasteiger partial charge in [-0.2, -0.15) is 24.4 Å². The zero-order valence-electron chi connectivity index (χ0n) is 7.24. The summed E-state index contributed by atoms with van der Waals surface area (Å²) in [6, 6.07) is 0. The summed E-state index contributed by atoms with van der Waals surface area (Å²) in [5.41, 5.74) is 0. The van der Waals surface area contributed by atoms with E-state index >= 15 is 0 Å². The highest BCUT2D eigenvalue weighted by Gasteiger charge is 2.47. The van der Waals surface area contributed by atoms with Crippen LogP contribution in [0.5, 0.6) is 0 Å². The summed E-state index contributed by atoms with van der Waals surface area (Å²) in [5.74, 6) is 4.52. The normalized spacial score (nSPS) is 38.2. The third kappa shape index (κ3) is 2.33. The Hall–Kier alpha value is 0.660. The maximum Gasteiger partial charge on any atom is 0.0844 e. The van der Waals surface area contributed by atoms with Crippen molar-refractivity contribution in [3.05, 3.63) is 0 Å². The number of hydrogen-bond donors (Lipinski definition) is 1. The zero-order valence-corrected chi connectivity index (χ0v) is 8.95. The van der Waals surface area contributed by atoms with Gasteiger partial charge in [0.2, 0.25) is 0 Å². The highest BCUT2D eigenvalue weighted by molar-refractivity contribution is 7.99. The fourth-order valence-corrected chi connectivity index (χ4v) is 3.22. The number of fused-ring (bicyclic) bond motifs is 1. The molecule has 0 N–H and O–H groups in total. The molecule has 2 aliphatic rings. The molecule has 3 heteroatoms. The van der Waals surface area contributed by atoms with E-state index in [0.717, 1.165) is 11.7 Å². The lowest BCUT2D eigenvalue weighted by Crippen LogP contribution is -2.01. The maximum absolute atomic E-state index is 5.39. The highest BCUT2D eigenvalue weighted by atomic mass is 32.2. The molecule has 1 aliphatic heterocycles. The van der Waals surface area contributed by atoms with Crippen molar-refractivity contribution in [3.63, 3.8) is 0 Å². The van der Waals surface area contributed by atoms with Gasteiger partial charge >= 0.3 is 0 Å². The molecule has 0 spiro atoms. The van der Waals surface area contributed by atoms with Crippen molar-refractivity contribution in [2.24, 2.45) is 5.92 Å². The minimum Gasteiger partial charge on any atom is -0.370 e. The monoisotopic (exact) mass is 204 g/mol. The van der Waals surface area contributed by atoms with Crippen LogP contribution in [0.15, 0.2) is 0 Å². The van der Waals surface area contributed by atoms with Gasteiger partial charge in [0.15, 0.2) is 0 Å². The molecule has 70 valence electrons. The second kappa shape index (κ2) is 4.25. The predicted molar refractivity (Wildman–Crippen MR) is 57.2 cm³/mol. The second-order valence-electron chi connectivity index (χ2n) is 3.68. The molecule has 1 heterocycles. The van der Waals surface area contributed by atoms with Gasteiger partial charge in [0.05, 0.1) is 12.2 Å². The van der Waals surface area contributed by atoms with Crippen molar-refractivity contribution >= 4 is 24.4 Å². The molecule has 0 radical (unpaired) electrons. The Morgan fingerprint density at radius 2 is 2.00 bits per heavy atom. The molecule has 0 aromatic carbocycles.